The fourth-order valence-electron chi connectivity index (χ4n) is 2.82. The molecule has 1 aromatic carbocycles. The topological polar surface area (TPSA) is 52.5 Å². The summed E-state index contributed by atoms with van der Waals surface area (Å²) in [7, 11) is 0. The molecule has 0 saturated carbocycles. The van der Waals surface area contributed by atoms with Gasteiger partial charge in [-0.3, -0.25) is 0 Å². The van der Waals surface area contributed by atoms with Gasteiger partial charge in [-0.05, 0) is 55.7 Å². The molecule has 0 amide bonds. The molecule has 0 spiro atoms. The molecular weight excluding hydrogens is 258 g/mol. The van der Waals surface area contributed by atoms with E-state index in [9.17, 15) is 10.2 Å². The minimum Gasteiger partial charge on any atom is -0.508 e. The number of aryl methyl sites for hydroxylation is 1. The van der Waals surface area contributed by atoms with Crippen molar-refractivity contribution >= 4 is 11.8 Å². The Balaban J connectivity index is 2.13. The summed E-state index contributed by atoms with van der Waals surface area (Å²) in [6.45, 7) is 2.31. The zero-order chi connectivity index (χ0) is 13.8. The number of phenols is 1. The third-order valence-corrected chi connectivity index (χ3v) is 5.11. The third-order valence-electron chi connectivity index (χ3n) is 3.95. The standard InChI is InChI=1S/C15H23NO2S/c1-10(15(9-17)19-2)16-14-5-3-4-11-6-7-12(18)8-13(11)14/h6-8,10,14-18H,3-5,9H2,1-2H3. The number of nitrogens with one attached hydrogen (secondary N) is 1. The number of hydrogen-bond acceptors (Lipinski definition) is 4. The Morgan fingerprint density at radius 3 is 2.95 bits per heavy atom. The highest BCUT2D eigenvalue weighted by Gasteiger charge is 2.24. The van der Waals surface area contributed by atoms with E-state index in [0.29, 0.717) is 5.75 Å². The molecule has 19 heavy (non-hydrogen) atoms. The number of aromatic hydroxyl groups is 1. The molecule has 0 heterocycles. The van der Waals surface area contributed by atoms with Gasteiger partial charge in [0, 0.05) is 17.3 Å². The summed E-state index contributed by atoms with van der Waals surface area (Å²) in [6, 6.07) is 6.21. The second kappa shape index (κ2) is 6.64. The highest BCUT2D eigenvalue weighted by atomic mass is 32.2. The van der Waals surface area contributed by atoms with Crippen molar-refractivity contribution < 1.29 is 10.2 Å². The molecule has 0 fully saturated rings. The Kier molecular flexibility index (Phi) is 5.13. The van der Waals surface area contributed by atoms with Gasteiger partial charge >= 0.3 is 0 Å². The van der Waals surface area contributed by atoms with Gasteiger partial charge in [0.15, 0.2) is 0 Å². The zero-order valence-corrected chi connectivity index (χ0v) is 12.4. The van der Waals surface area contributed by atoms with Gasteiger partial charge in [0.1, 0.15) is 5.75 Å². The Labute approximate surface area is 119 Å². The maximum absolute atomic E-state index is 9.67. The van der Waals surface area contributed by atoms with Crippen molar-refractivity contribution in [1.82, 2.24) is 5.32 Å². The molecule has 0 saturated heterocycles. The number of rotatable bonds is 5. The Hall–Kier alpha value is -0.710. The van der Waals surface area contributed by atoms with E-state index in [1.165, 1.54) is 17.5 Å². The van der Waals surface area contributed by atoms with Gasteiger partial charge < -0.3 is 15.5 Å². The first-order valence-electron chi connectivity index (χ1n) is 6.87. The lowest BCUT2D eigenvalue weighted by atomic mass is 9.87. The molecule has 106 valence electrons. The highest BCUT2D eigenvalue weighted by Crippen LogP contribution is 2.32. The molecule has 3 N–H and O–H groups in total. The van der Waals surface area contributed by atoms with E-state index in [-0.39, 0.29) is 23.9 Å². The average molecular weight is 281 g/mol. The SMILES string of the molecule is CSC(CO)C(C)NC1CCCc2ccc(O)cc21. The van der Waals surface area contributed by atoms with Crippen molar-refractivity contribution in [3.63, 3.8) is 0 Å². The highest BCUT2D eigenvalue weighted by molar-refractivity contribution is 7.99. The summed E-state index contributed by atoms with van der Waals surface area (Å²) in [5.74, 6) is 0.337. The number of hydrogen-bond donors (Lipinski definition) is 3. The van der Waals surface area contributed by atoms with E-state index in [2.05, 4.69) is 12.2 Å². The second-order valence-electron chi connectivity index (χ2n) is 5.24. The van der Waals surface area contributed by atoms with Crippen LogP contribution in [-0.2, 0) is 6.42 Å². The first-order valence-corrected chi connectivity index (χ1v) is 8.16. The maximum Gasteiger partial charge on any atom is 0.115 e. The van der Waals surface area contributed by atoms with Crippen LogP contribution in [0.25, 0.3) is 0 Å². The summed E-state index contributed by atoms with van der Waals surface area (Å²) >= 11 is 1.69. The zero-order valence-electron chi connectivity index (χ0n) is 11.6. The van der Waals surface area contributed by atoms with Crippen LogP contribution in [0, 0.1) is 0 Å². The van der Waals surface area contributed by atoms with Crippen LogP contribution in [-0.4, -0.2) is 34.4 Å². The predicted molar refractivity (Wildman–Crippen MR) is 80.8 cm³/mol. The molecular formula is C15H23NO2S. The van der Waals surface area contributed by atoms with Gasteiger partial charge in [0.25, 0.3) is 0 Å². The molecule has 0 aliphatic heterocycles. The van der Waals surface area contributed by atoms with Crippen molar-refractivity contribution in [3.05, 3.63) is 29.3 Å². The lowest BCUT2D eigenvalue weighted by molar-refractivity contribution is 0.267. The fourth-order valence-corrected chi connectivity index (χ4v) is 3.46. The van der Waals surface area contributed by atoms with E-state index < -0.39 is 0 Å². The molecule has 2 rings (SSSR count). The molecule has 3 atom stereocenters. The molecule has 0 aromatic heterocycles. The number of thioether (sulfide) groups is 1. The van der Waals surface area contributed by atoms with Crippen molar-refractivity contribution in [3.8, 4) is 5.75 Å². The molecule has 4 heteroatoms. The Morgan fingerprint density at radius 2 is 2.26 bits per heavy atom. The Morgan fingerprint density at radius 1 is 1.47 bits per heavy atom. The predicted octanol–water partition coefficient (Wildman–Crippen LogP) is 2.47. The minimum atomic E-state index is 0.189. The van der Waals surface area contributed by atoms with Crippen molar-refractivity contribution in [2.24, 2.45) is 0 Å². The van der Waals surface area contributed by atoms with Gasteiger partial charge in [0.05, 0.1) is 6.61 Å². The van der Waals surface area contributed by atoms with Crippen LogP contribution < -0.4 is 5.32 Å². The molecule has 3 unspecified atom stereocenters. The summed E-state index contributed by atoms with van der Waals surface area (Å²) in [4.78, 5) is 0. The smallest absolute Gasteiger partial charge is 0.115 e. The normalized spacial score (nSPS) is 21.7. The third kappa shape index (κ3) is 3.44. The van der Waals surface area contributed by atoms with E-state index in [1.54, 1.807) is 17.8 Å². The lowest BCUT2D eigenvalue weighted by Crippen LogP contribution is -2.40. The fraction of sp³-hybridized carbons (Fsp3) is 0.600. The van der Waals surface area contributed by atoms with Crippen LogP contribution >= 0.6 is 11.8 Å². The number of aliphatic hydroxyl groups is 1. The molecule has 1 aromatic rings. The summed E-state index contributed by atoms with van der Waals surface area (Å²) in [5.41, 5.74) is 2.55. The Bertz CT molecular complexity index is 421. The van der Waals surface area contributed by atoms with Crippen LogP contribution in [0.3, 0.4) is 0 Å². The van der Waals surface area contributed by atoms with Gasteiger partial charge in [-0.25, -0.2) is 0 Å². The van der Waals surface area contributed by atoms with Gasteiger partial charge in [-0.15, -0.1) is 0 Å². The number of benzene rings is 1. The van der Waals surface area contributed by atoms with Crippen LogP contribution in [0.5, 0.6) is 5.75 Å². The van der Waals surface area contributed by atoms with Gasteiger partial charge in [0.2, 0.25) is 0 Å². The van der Waals surface area contributed by atoms with E-state index in [4.69, 9.17) is 0 Å². The van der Waals surface area contributed by atoms with Crippen molar-refractivity contribution in [1.29, 1.82) is 0 Å². The van der Waals surface area contributed by atoms with Crippen LogP contribution in [0.4, 0.5) is 0 Å². The summed E-state index contributed by atoms with van der Waals surface area (Å²) in [5, 5.41) is 22.9. The van der Waals surface area contributed by atoms with E-state index in [1.807, 2.05) is 18.4 Å². The monoisotopic (exact) mass is 281 g/mol. The number of aliphatic hydroxyl groups excluding tert-OH is 1. The summed E-state index contributed by atoms with van der Waals surface area (Å²) < 4.78 is 0. The molecule has 3 nitrogen and oxygen atoms in total. The van der Waals surface area contributed by atoms with Crippen LogP contribution in [0.2, 0.25) is 0 Å². The summed E-state index contributed by atoms with van der Waals surface area (Å²) in [6.07, 6.45) is 5.38. The number of phenolic OH excluding ortho intramolecular Hbond substituents is 1. The minimum absolute atomic E-state index is 0.189. The first kappa shape index (κ1) is 14.7. The average Bonchev–Trinajstić information content (AvgIpc) is 2.41. The first-order chi connectivity index (χ1) is 9.15. The van der Waals surface area contributed by atoms with Crippen molar-refractivity contribution in [2.75, 3.05) is 12.9 Å². The lowest BCUT2D eigenvalue weighted by Gasteiger charge is -2.31. The van der Waals surface area contributed by atoms with Crippen molar-refractivity contribution in [2.45, 2.75) is 43.5 Å². The van der Waals surface area contributed by atoms with Crippen LogP contribution in [0.15, 0.2) is 18.2 Å². The number of fused-ring (bicyclic) bond motifs is 1. The van der Waals surface area contributed by atoms with Gasteiger partial charge in [-0.2, -0.15) is 11.8 Å². The molecule has 0 radical (unpaired) electrons. The molecule has 0 bridgehead atoms. The molecule has 1 aliphatic rings. The largest absolute Gasteiger partial charge is 0.508 e. The second-order valence-corrected chi connectivity index (χ2v) is 6.32. The van der Waals surface area contributed by atoms with E-state index >= 15 is 0 Å². The van der Waals surface area contributed by atoms with E-state index in [0.717, 1.165) is 12.8 Å². The maximum atomic E-state index is 9.67. The molecule has 1 aliphatic carbocycles. The van der Waals surface area contributed by atoms with Gasteiger partial charge in [-0.1, -0.05) is 6.07 Å². The van der Waals surface area contributed by atoms with Crippen LogP contribution in [0.1, 0.15) is 36.9 Å². The quantitative estimate of drug-likeness (QED) is 0.776.